The zero-order valence-electron chi connectivity index (χ0n) is 20.5. The van der Waals surface area contributed by atoms with Gasteiger partial charge in [0.15, 0.2) is 5.92 Å². The lowest BCUT2D eigenvalue weighted by Crippen LogP contribution is -2.33. The molecule has 5 nitrogen and oxygen atoms in total. The molecule has 0 radical (unpaired) electrons. The van der Waals surface area contributed by atoms with Gasteiger partial charge in [-0.05, 0) is 87.1 Å². The zero-order valence-corrected chi connectivity index (χ0v) is 20.5. The van der Waals surface area contributed by atoms with Crippen molar-refractivity contribution >= 4 is 11.9 Å². The molecule has 0 bridgehead atoms. The number of ether oxygens (including phenoxy) is 1. The van der Waals surface area contributed by atoms with Crippen molar-refractivity contribution in [2.75, 3.05) is 0 Å². The summed E-state index contributed by atoms with van der Waals surface area (Å²) in [5.41, 5.74) is 2.57. The largest absolute Gasteiger partial charge is 0.508 e. The number of rotatable bonds is 11. The number of aliphatic carboxylic acids is 1. The molecule has 3 unspecified atom stereocenters. The number of carbonyl (C=O) groups is 2. The molecule has 0 saturated heterocycles. The Morgan fingerprint density at radius 3 is 2.03 bits per heavy atom. The van der Waals surface area contributed by atoms with Crippen LogP contribution in [0.2, 0.25) is 0 Å². The third-order valence-corrected chi connectivity index (χ3v) is 6.02. The minimum absolute atomic E-state index is 0.115. The molecule has 33 heavy (non-hydrogen) atoms. The van der Waals surface area contributed by atoms with Crippen LogP contribution < -0.4 is 0 Å². The van der Waals surface area contributed by atoms with Gasteiger partial charge in [-0.25, -0.2) is 0 Å². The van der Waals surface area contributed by atoms with Gasteiger partial charge < -0.3 is 14.9 Å². The Labute approximate surface area is 197 Å². The Kier molecular flexibility index (Phi) is 9.51. The van der Waals surface area contributed by atoms with Crippen LogP contribution in [0.5, 0.6) is 5.75 Å². The molecule has 0 aliphatic carbocycles. The van der Waals surface area contributed by atoms with Crippen molar-refractivity contribution in [3.63, 3.8) is 0 Å². The van der Waals surface area contributed by atoms with Gasteiger partial charge >= 0.3 is 11.9 Å². The first-order chi connectivity index (χ1) is 15.5. The summed E-state index contributed by atoms with van der Waals surface area (Å²) in [5, 5.41) is 19.0. The second-order valence-electron chi connectivity index (χ2n) is 9.90. The summed E-state index contributed by atoms with van der Waals surface area (Å²) in [4.78, 5) is 23.9. The van der Waals surface area contributed by atoms with E-state index in [1.54, 1.807) is 32.9 Å². The molecule has 180 valence electrons. The number of hydrogen-bond acceptors (Lipinski definition) is 4. The first-order valence-electron chi connectivity index (χ1n) is 11.8. The predicted octanol–water partition coefficient (Wildman–Crippen LogP) is 6.44. The lowest BCUT2D eigenvalue weighted by Gasteiger charge is -2.22. The molecule has 5 heteroatoms. The molecule has 0 aliphatic heterocycles. The molecular weight excluding hydrogens is 416 g/mol. The van der Waals surface area contributed by atoms with Crippen LogP contribution in [0.1, 0.15) is 88.8 Å². The second-order valence-corrected chi connectivity index (χ2v) is 9.90. The molecule has 0 fully saturated rings. The molecule has 2 aromatic carbocycles. The molecule has 0 aromatic heterocycles. The van der Waals surface area contributed by atoms with Crippen LogP contribution in [0.4, 0.5) is 0 Å². The van der Waals surface area contributed by atoms with Gasteiger partial charge in [0.25, 0.3) is 0 Å². The van der Waals surface area contributed by atoms with Gasteiger partial charge in [-0.2, -0.15) is 0 Å². The fourth-order valence-electron chi connectivity index (χ4n) is 4.05. The second kappa shape index (κ2) is 11.9. The topological polar surface area (TPSA) is 83.8 Å². The number of aromatic hydroxyl groups is 1. The van der Waals surface area contributed by atoms with Crippen molar-refractivity contribution in [2.45, 2.75) is 84.2 Å². The van der Waals surface area contributed by atoms with E-state index in [-0.39, 0.29) is 6.42 Å². The van der Waals surface area contributed by atoms with Crippen LogP contribution in [0.3, 0.4) is 0 Å². The number of carboxylic acids is 1. The lowest BCUT2D eigenvalue weighted by molar-refractivity contribution is -0.166. The molecule has 0 spiro atoms. The van der Waals surface area contributed by atoms with E-state index < -0.39 is 23.5 Å². The maximum Gasteiger partial charge on any atom is 0.321 e. The van der Waals surface area contributed by atoms with Gasteiger partial charge in [0.05, 0.1) is 0 Å². The van der Waals surface area contributed by atoms with Crippen LogP contribution in [-0.2, 0) is 20.7 Å². The highest BCUT2D eigenvalue weighted by Gasteiger charge is 2.31. The summed E-state index contributed by atoms with van der Waals surface area (Å²) in [7, 11) is 0. The summed E-state index contributed by atoms with van der Waals surface area (Å²) in [6.45, 7) is 9.59. The summed E-state index contributed by atoms with van der Waals surface area (Å²) >= 11 is 0. The highest BCUT2D eigenvalue weighted by atomic mass is 16.6. The molecule has 0 heterocycles. The summed E-state index contributed by atoms with van der Waals surface area (Å²) in [6, 6.07) is 15.4. The minimum Gasteiger partial charge on any atom is -0.508 e. The van der Waals surface area contributed by atoms with E-state index in [4.69, 9.17) is 4.74 Å². The van der Waals surface area contributed by atoms with Crippen molar-refractivity contribution in [1.29, 1.82) is 0 Å². The van der Waals surface area contributed by atoms with Crippen LogP contribution in [-0.4, -0.2) is 27.8 Å². The standard InChI is InChI=1S/C28H38O5/c1-6-21(23-14-16-24(29)17-15-23)9-7-8-19(2)22-12-10-20(11-13-22)18-25(26(30)31)27(32)33-28(3,4)5/h10-17,19,21,25,29H,6-9,18H2,1-5H3,(H,30,31). The third kappa shape index (κ3) is 8.56. The Morgan fingerprint density at radius 1 is 0.939 bits per heavy atom. The van der Waals surface area contributed by atoms with Gasteiger partial charge in [0, 0.05) is 0 Å². The number of phenols is 1. The third-order valence-electron chi connectivity index (χ3n) is 6.02. The number of carboxylic acid groups (broad SMARTS) is 1. The van der Waals surface area contributed by atoms with Gasteiger partial charge in [-0.15, -0.1) is 0 Å². The fraction of sp³-hybridized carbons (Fsp3) is 0.500. The van der Waals surface area contributed by atoms with E-state index in [0.29, 0.717) is 17.6 Å². The van der Waals surface area contributed by atoms with Crippen molar-refractivity contribution in [3.8, 4) is 5.75 Å². The average molecular weight is 455 g/mol. The Balaban J connectivity index is 1.92. The average Bonchev–Trinajstić information content (AvgIpc) is 2.74. The maximum atomic E-state index is 12.3. The Morgan fingerprint density at radius 2 is 1.52 bits per heavy atom. The highest BCUT2D eigenvalue weighted by Crippen LogP contribution is 2.30. The monoisotopic (exact) mass is 454 g/mol. The molecule has 0 aliphatic rings. The van der Waals surface area contributed by atoms with E-state index in [1.165, 1.54) is 11.1 Å². The van der Waals surface area contributed by atoms with Crippen LogP contribution >= 0.6 is 0 Å². The lowest BCUT2D eigenvalue weighted by atomic mass is 9.88. The number of hydrogen-bond donors (Lipinski definition) is 2. The normalized spacial score (nSPS) is 14.3. The Bertz CT molecular complexity index is 893. The summed E-state index contributed by atoms with van der Waals surface area (Å²) < 4.78 is 5.27. The SMILES string of the molecule is CCC(CCCC(C)c1ccc(CC(C(=O)O)C(=O)OC(C)(C)C)cc1)c1ccc(O)cc1. The predicted molar refractivity (Wildman–Crippen MR) is 131 cm³/mol. The van der Waals surface area contributed by atoms with Crippen molar-refractivity contribution in [3.05, 3.63) is 65.2 Å². The Hall–Kier alpha value is -2.82. The van der Waals surface area contributed by atoms with Gasteiger partial charge in [0.2, 0.25) is 0 Å². The van der Waals surface area contributed by atoms with Crippen molar-refractivity contribution < 1.29 is 24.5 Å². The van der Waals surface area contributed by atoms with E-state index in [9.17, 15) is 19.8 Å². The van der Waals surface area contributed by atoms with E-state index in [1.807, 2.05) is 36.4 Å². The first-order valence-corrected chi connectivity index (χ1v) is 11.8. The molecule has 3 atom stereocenters. The van der Waals surface area contributed by atoms with Gasteiger partial charge in [0.1, 0.15) is 11.4 Å². The molecule has 2 aromatic rings. The molecular formula is C28H38O5. The summed E-state index contributed by atoms with van der Waals surface area (Å²) in [5.74, 6) is -1.91. The maximum absolute atomic E-state index is 12.3. The molecule has 2 N–H and O–H groups in total. The molecule has 2 rings (SSSR count). The molecule has 0 saturated carbocycles. The smallest absolute Gasteiger partial charge is 0.321 e. The van der Waals surface area contributed by atoms with E-state index in [0.717, 1.165) is 31.2 Å². The van der Waals surface area contributed by atoms with Crippen molar-refractivity contribution in [1.82, 2.24) is 0 Å². The number of benzene rings is 2. The minimum atomic E-state index is -1.21. The van der Waals surface area contributed by atoms with E-state index >= 15 is 0 Å². The van der Waals surface area contributed by atoms with Crippen LogP contribution in [0.25, 0.3) is 0 Å². The fourth-order valence-corrected chi connectivity index (χ4v) is 4.05. The molecule has 0 amide bonds. The van der Waals surface area contributed by atoms with Crippen molar-refractivity contribution in [2.24, 2.45) is 5.92 Å². The number of carbonyl (C=O) groups excluding carboxylic acids is 1. The zero-order chi connectivity index (χ0) is 24.6. The quantitative estimate of drug-likeness (QED) is 0.301. The first kappa shape index (κ1) is 26.4. The summed E-state index contributed by atoms with van der Waals surface area (Å²) in [6.07, 6.45) is 4.44. The van der Waals surface area contributed by atoms with Crippen LogP contribution in [0.15, 0.2) is 48.5 Å². The van der Waals surface area contributed by atoms with E-state index in [2.05, 4.69) is 13.8 Å². The van der Waals surface area contributed by atoms with Gasteiger partial charge in [-0.1, -0.05) is 56.7 Å². The highest BCUT2D eigenvalue weighted by molar-refractivity contribution is 5.94. The number of phenolic OH excluding ortho intramolecular Hbond substituents is 1. The van der Waals surface area contributed by atoms with Gasteiger partial charge in [-0.3, -0.25) is 9.59 Å². The van der Waals surface area contributed by atoms with Crippen LogP contribution in [0, 0.1) is 5.92 Å². The number of esters is 1.